The first-order chi connectivity index (χ1) is 12.5. The van der Waals surface area contributed by atoms with Gasteiger partial charge in [0, 0.05) is 31.9 Å². The van der Waals surface area contributed by atoms with Crippen molar-refractivity contribution in [2.45, 2.75) is 13.0 Å². The van der Waals surface area contributed by atoms with Crippen LogP contribution in [0.2, 0.25) is 10.0 Å². The van der Waals surface area contributed by atoms with Gasteiger partial charge in [-0.05, 0) is 43.3 Å². The number of carbonyl (C=O) groups excluding carboxylic acids is 1. The Labute approximate surface area is 163 Å². The Morgan fingerprint density at radius 1 is 1.08 bits per heavy atom. The zero-order valence-electron chi connectivity index (χ0n) is 14.5. The first-order valence-electron chi connectivity index (χ1n) is 8.48. The maximum Gasteiger partial charge on any atom is 0.241 e. The molecule has 0 bridgehead atoms. The van der Waals surface area contributed by atoms with Crippen LogP contribution in [0.4, 0.5) is 11.4 Å². The highest BCUT2D eigenvalue weighted by atomic mass is 35.5. The number of anilines is 2. The molecule has 7 heteroatoms. The van der Waals surface area contributed by atoms with Crippen molar-refractivity contribution < 1.29 is 9.90 Å². The summed E-state index contributed by atoms with van der Waals surface area (Å²) in [6, 6.07) is 12.1. The minimum atomic E-state index is -0.271. The smallest absolute Gasteiger partial charge is 0.241 e. The predicted octanol–water partition coefficient (Wildman–Crippen LogP) is 3.85. The fourth-order valence-corrected chi connectivity index (χ4v) is 3.38. The molecule has 1 aliphatic heterocycles. The monoisotopic (exact) mass is 393 g/mol. The van der Waals surface area contributed by atoms with Gasteiger partial charge in [-0.15, -0.1) is 0 Å². The summed E-state index contributed by atoms with van der Waals surface area (Å²) in [6.45, 7) is 5.09. The number of piperazine rings is 1. The lowest BCUT2D eigenvalue weighted by molar-refractivity contribution is -0.120. The molecule has 5 nitrogen and oxygen atoms in total. The molecule has 26 heavy (non-hydrogen) atoms. The van der Waals surface area contributed by atoms with E-state index in [2.05, 4.69) is 15.1 Å². The zero-order valence-corrected chi connectivity index (χ0v) is 16.0. The third-order valence-electron chi connectivity index (χ3n) is 4.67. The molecule has 0 aromatic heterocycles. The fraction of sp³-hybridized carbons (Fsp3) is 0.316. The van der Waals surface area contributed by atoms with E-state index in [-0.39, 0.29) is 17.7 Å². The summed E-state index contributed by atoms with van der Waals surface area (Å²) < 4.78 is 0. The highest BCUT2D eigenvalue weighted by Crippen LogP contribution is 2.29. The Hall–Kier alpha value is -1.95. The molecule has 3 rings (SSSR count). The van der Waals surface area contributed by atoms with Crippen LogP contribution < -0.4 is 10.2 Å². The van der Waals surface area contributed by atoms with Gasteiger partial charge in [0.05, 0.1) is 21.8 Å². The molecule has 138 valence electrons. The summed E-state index contributed by atoms with van der Waals surface area (Å²) in [5.74, 6) is 0.157. The summed E-state index contributed by atoms with van der Waals surface area (Å²) >= 11 is 12.1. The van der Waals surface area contributed by atoms with Gasteiger partial charge in [0.1, 0.15) is 5.75 Å². The summed E-state index contributed by atoms with van der Waals surface area (Å²) in [5.41, 5.74) is 1.60. The van der Waals surface area contributed by atoms with E-state index < -0.39 is 0 Å². The van der Waals surface area contributed by atoms with Crippen LogP contribution in [0, 0.1) is 0 Å². The zero-order chi connectivity index (χ0) is 18.7. The number of benzene rings is 2. The number of phenols is 1. The lowest BCUT2D eigenvalue weighted by atomic mass is 10.2. The molecule has 0 radical (unpaired) electrons. The van der Waals surface area contributed by atoms with Gasteiger partial charge in [0.15, 0.2) is 0 Å². The molecule has 2 aromatic rings. The Bertz CT molecular complexity index is 775. The van der Waals surface area contributed by atoms with Crippen LogP contribution in [-0.2, 0) is 4.79 Å². The normalized spacial score (nSPS) is 16.3. The Morgan fingerprint density at radius 2 is 1.73 bits per heavy atom. The van der Waals surface area contributed by atoms with E-state index in [1.54, 1.807) is 30.3 Å². The number of rotatable bonds is 4. The average molecular weight is 394 g/mol. The van der Waals surface area contributed by atoms with E-state index in [0.717, 1.165) is 31.9 Å². The number of hydrogen-bond acceptors (Lipinski definition) is 4. The largest absolute Gasteiger partial charge is 0.508 e. The molecule has 1 saturated heterocycles. The summed E-state index contributed by atoms with van der Waals surface area (Å²) in [4.78, 5) is 17.0. The van der Waals surface area contributed by atoms with Crippen LogP contribution in [0.15, 0.2) is 42.5 Å². The molecule has 1 unspecified atom stereocenters. The van der Waals surface area contributed by atoms with E-state index in [1.165, 1.54) is 0 Å². The van der Waals surface area contributed by atoms with E-state index in [9.17, 15) is 9.90 Å². The second kappa shape index (κ2) is 8.16. The van der Waals surface area contributed by atoms with Crippen molar-refractivity contribution in [1.82, 2.24) is 4.90 Å². The molecule has 0 saturated carbocycles. The fourth-order valence-electron chi connectivity index (χ4n) is 3.03. The highest BCUT2D eigenvalue weighted by Gasteiger charge is 2.26. The van der Waals surface area contributed by atoms with Gasteiger partial charge in [0.25, 0.3) is 0 Å². The Kier molecular flexibility index (Phi) is 5.91. The first kappa shape index (κ1) is 18.8. The average Bonchev–Trinajstić information content (AvgIpc) is 2.65. The second-order valence-electron chi connectivity index (χ2n) is 6.31. The summed E-state index contributed by atoms with van der Waals surface area (Å²) in [6.07, 6.45) is 0. The molecular formula is C19H21Cl2N3O2. The van der Waals surface area contributed by atoms with Gasteiger partial charge >= 0.3 is 0 Å². The van der Waals surface area contributed by atoms with Gasteiger partial charge in [-0.3, -0.25) is 9.69 Å². The van der Waals surface area contributed by atoms with Crippen LogP contribution in [-0.4, -0.2) is 48.1 Å². The number of nitrogens with one attached hydrogen (secondary N) is 1. The van der Waals surface area contributed by atoms with Crippen molar-refractivity contribution in [3.05, 3.63) is 52.5 Å². The standard InChI is InChI=1S/C19H21Cl2N3O2/c1-13(19(26)22-17-4-2-3-16(20)18(17)21)23-9-11-24(12-10-23)14-5-7-15(25)8-6-14/h2-8,13,25H,9-12H2,1H3,(H,22,26). The summed E-state index contributed by atoms with van der Waals surface area (Å²) in [7, 11) is 0. The number of halogens is 2. The summed E-state index contributed by atoms with van der Waals surface area (Å²) in [5, 5.41) is 13.0. The number of amides is 1. The van der Waals surface area contributed by atoms with Gasteiger partial charge in [-0.25, -0.2) is 0 Å². The Morgan fingerprint density at radius 3 is 2.38 bits per heavy atom. The van der Waals surface area contributed by atoms with Crippen molar-refractivity contribution in [1.29, 1.82) is 0 Å². The lowest BCUT2D eigenvalue weighted by Gasteiger charge is -2.38. The SMILES string of the molecule is CC(C(=O)Nc1cccc(Cl)c1Cl)N1CCN(c2ccc(O)cc2)CC1. The third-order valence-corrected chi connectivity index (χ3v) is 5.48. The molecule has 1 amide bonds. The van der Waals surface area contributed by atoms with Gasteiger partial charge in [0.2, 0.25) is 5.91 Å². The van der Waals surface area contributed by atoms with E-state index in [1.807, 2.05) is 19.1 Å². The quantitative estimate of drug-likeness (QED) is 0.827. The van der Waals surface area contributed by atoms with Crippen LogP contribution in [0.25, 0.3) is 0 Å². The molecule has 1 aliphatic rings. The van der Waals surface area contributed by atoms with Gasteiger partial charge in [-0.2, -0.15) is 0 Å². The first-order valence-corrected chi connectivity index (χ1v) is 9.24. The molecule has 0 aliphatic carbocycles. The van der Waals surface area contributed by atoms with E-state index >= 15 is 0 Å². The van der Waals surface area contributed by atoms with Gasteiger partial charge < -0.3 is 15.3 Å². The topological polar surface area (TPSA) is 55.8 Å². The van der Waals surface area contributed by atoms with Gasteiger partial charge in [-0.1, -0.05) is 29.3 Å². The molecule has 2 N–H and O–H groups in total. The maximum absolute atomic E-state index is 12.6. The number of phenolic OH excluding ortho intramolecular Hbond substituents is 1. The highest BCUT2D eigenvalue weighted by molar-refractivity contribution is 6.44. The molecule has 0 spiro atoms. The van der Waals surface area contributed by atoms with Crippen molar-refractivity contribution in [2.24, 2.45) is 0 Å². The third kappa shape index (κ3) is 4.23. The van der Waals surface area contributed by atoms with Crippen molar-refractivity contribution in [2.75, 3.05) is 36.4 Å². The molecule has 1 heterocycles. The molecule has 1 atom stereocenters. The predicted molar refractivity (Wildman–Crippen MR) is 106 cm³/mol. The lowest BCUT2D eigenvalue weighted by Crippen LogP contribution is -2.52. The second-order valence-corrected chi connectivity index (χ2v) is 7.09. The number of hydrogen-bond donors (Lipinski definition) is 2. The molecular weight excluding hydrogens is 373 g/mol. The maximum atomic E-state index is 12.6. The minimum absolute atomic E-state index is 0.104. The molecule has 2 aromatic carbocycles. The van der Waals surface area contributed by atoms with Crippen LogP contribution in [0.5, 0.6) is 5.75 Å². The van der Waals surface area contributed by atoms with Crippen molar-refractivity contribution >= 4 is 40.5 Å². The van der Waals surface area contributed by atoms with Crippen LogP contribution in [0.1, 0.15) is 6.92 Å². The van der Waals surface area contributed by atoms with Crippen molar-refractivity contribution in [3.63, 3.8) is 0 Å². The molecule has 1 fully saturated rings. The Balaban J connectivity index is 1.57. The number of aromatic hydroxyl groups is 1. The van der Waals surface area contributed by atoms with Crippen LogP contribution >= 0.6 is 23.2 Å². The van der Waals surface area contributed by atoms with Crippen LogP contribution in [0.3, 0.4) is 0 Å². The van der Waals surface area contributed by atoms with Crippen molar-refractivity contribution in [3.8, 4) is 5.75 Å². The number of carbonyl (C=O) groups is 1. The van der Waals surface area contributed by atoms with E-state index in [0.29, 0.717) is 15.7 Å². The minimum Gasteiger partial charge on any atom is -0.508 e. The van der Waals surface area contributed by atoms with E-state index in [4.69, 9.17) is 23.2 Å². The number of nitrogens with zero attached hydrogens (tertiary/aromatic N) is 2.